The van der Waals surface area contributed by atoms with Gasteiger partial charge in [0.05, 0.1) is 49.6 Å². The number of fused-ring (bicyclic) bond motifs is 6. The lowest BCUT2D eigenvalue weighted by atomic mass is 10.0. The SMILES string of the molecule is C[Si](C)(C)c1ccc(-c2cc(-c3ccc([Si](C)(C)C)cc3)nc(-n3c4ccccc4c4cc(-c5ccc6c7ccccc7n(-c7ccccc7)c6c5)ccc43)n2)cc1. The minimum absolute atomic E-state index is 0.670. The van der Waals surface area contributed by atoms with E-state index in [0.717, 1.165) is 39.2 Å². The molecule has 0 spiro atoms. The van der Waals surface area contributed by atoms with Gasteiger partial charge in [-0.15, -0.1) is 0 Å². The number of hydrogen-bond acceptors (Lipinski definition) is 2. The molecule has 0 fully saturated rings. The van der Waals surface area contributed by atoms with E-state index >= 15 is 0 Å². The van der Waals surface area contributed by atoms with Crippen LogP contribution >= 0.6 is 0 Å². The summed E-state index contributed by atoms with van der Waals surface area (Å²) in [7, 11) is -2.92. The number of hydrogen-bond donors (Lipinski definition) is 0. The van der Waals surface area contributed by atoms with Crippen molar-refractivity contribution in [2.24, 2.45) is 0 Å². The van der Waals surface area contributed by atoms with Crippen molar-refractivity contribution in [2.75, 3.05) is 0 Å². The Kier molecular flexibility index (Phi) is 8.48. The van der Waals surface area contributed by atoms with Crippen LogP contribution in [0.15, 0.2) is 170 Å². The van der Waals surface area contributed by atoms with Crippen molar-refractivity contribution in [3.8, 4) is 45.3 Å². The lowest BCUT2D eigenvalue weighted by Gasteiger charge is -2.18. The largest absolute Gasteiger partial charge is 0.309 e. The summed E-state index contributed by atoms with van der Waals surface area (Å²) in [6.45, 7) is 14.4. The molecule has 4 nitrogen and oxygen atoms in total. The monoisotopic (exact) mass is 782 g/mol. The minimum atomic E-state index is -1.46. The Bertz CT molecular complexity index is 3090. The van der Waals surface area contributed by atoms with Gasteiger partial charge in [-0.25, -0.2) is 9.97 Å². The van der Waals surface area contributed by atoms with E-state index in [-0.39, 0.29) is 0 Å². The molecule has 3 aromatic heterocycles. The molecule has 0 N–H and O–H groups in total. The van der Waals surface area contributed by atoms with E-state index in [0.29, 0.717) is 5.95 Å². The van der Waals surface area contributed by atoms with Crippen LogP contribution in [-0.4, -0.2) is 35.2 Å². The van der Waals surface area contributed by atoms with Gasteiger partial charge >= 0.3 is 0 Å². The lowest BCUT2D eigenvalue weighted by molar-refractivity contribution is 0.996. The average Bonchev–Trinajstić information content (AvgIpc) is 3.75. The summed E-state index contributed by atoms with van der Waals surface area (Å²) in [5, 5.41) is 7.73. The lowest BCUT2D eigenvalue weighted by Crippen LogP contribution is -2.37. The highest BCUT2D eigenvalue weighted by molar-refractivity contribution is 6.89. The molecule has 0 bridgehead atoms. The van der Waals surface area contributed by atoms with Crippen LogP contribution in [0.3, 0.4) is 0 Å². The van der Waals surface area contributed by atoms with Crippen LogP contribution in [0.25, 0.3) is 88.9 Å². The van der Waals surface area contributed by atoms with E-state index in [1.807, 2.05) is 0 Å². The second-order valence-corrected chi connectivity index (χ2v) is 27.8. The second-order valence-electron chi connectivity index (χ2n) is 17.6. The van der Waals surface area contributed by atoms with Gasteiger partial charge in [-0.3, -0.25) is 4.57 Å². The highest BCUT2D eigenvalue weighted by Gasteiger charge is 2.21. The fraction of sp³-hybridized carbons (Fsp3) is 0.115. The topological polar surface area (TPSA) is 35.6 Å². The third-order valence-corrected chi connectivity index (χ3v) is 15.8. The Balaban J connectivity index is 1.15. The molecule has 0 saturated heterocycles. The Morgan fingerprint density at radius 2 is 0.793 bits per heavy atom. The quantitative estimate of drug-likeness (QED) is 0.151. The van der Waals surface area contributed by atoms with Crippen molar-refractivity contribution in [3.63, 3.8) is 0 Å². The van der Waals surface area contributed by atoms with Crippen molar-refractivity contribution in [2.45, 2.75) is 39.3 Å². The van der Waals surface area contributed by atoms with Crippen LogP contribution in [0.5, 0.6) is 0 Å². The van der Waals surface area contributed by atoms with Gasteiger partial charge in [-0.05, 0) is 59.7 Å². The molecule has 0 amide bonds. The Labute approximate surface area is 342 Å². The molecule has 0 aliphatic rings. The van der Waals surface area contributed by atoms with Crippen molar-refractivity contribution in [1.29, 1.82) is 0 Å². The molecule has 0 atom stereocenters. The van der Waals surface area contributed by atoms with Crippen LogP contribution in [0.2, 0.25) is 39.3 Å². The highest BCUT2D eigenvalue weighted by atomic mass is 28.3. The second kappa shape index (κ2) is 13.6. The van der Waals surface area contributed by atoms with Gasteiger partial charge in [0, 0.05) is 38.4 Å². The predicted octanol–water partition coefficient (Wildman–Crippen LogP) is 12.8. The van der Waals surface area contributed by atoms with Crippen molar-refractivity contribution in [1.82, 2.24) is 19.1 Å². The van der Waals surface area contributed by atoms with E-state index in [4.69, 9.17) is 9.97 Å². The minimum Gasteiger partial charge on any atom is -0.309 e. The molecule has 7 aromatic carbocycles. The van der Waals surface area contributed by atoms with Crippen LogP contribution in [0.4, 0.5) is 0 Å². The van der Waals surface area contributed by atoms with Crippen molar-refractivity contribution in [3.05, 3.63) is 170 Å². The van der Waals surface area contributed by atoms with Gasteiger partial charge in [0.25, 0.3) is 0 Å². The molecule has 0 unspecified atom stereocenters. The summed E-state index contributed by atoms with van der Waals surface area (Å²) in [6, 6.07) is 62.1. The molecule has 0 radical (unpaired) electrons. The predicted molar refractivity (Wildman–Crippen MR) is 253 cm³/mol. The van der Waals surface area contributed by atoms with Gasteiger partial charge < -0.3 is 4.57 Å². The zero-order valence-electron chi connectivity index (χ0n) is 34.0. The molecule has 3 heterocycles. The van der Waals surface area contributed by atoms with E-state index in [1.165, 1.54) is 54.1 Å². The van der Waals surface area contributed by atoms with Gasteiger partial charge in [0.1, 0.15) is 0 Å². The molecule has 10 rings (SSSR count). The van der Waals surface area contributed by atoms with Crippen LogP contribution < -0.4 is 10.4 Å². The Morgan fingerprint density at radius 3 is 1.38 bits per heavy atom. The first-order valence-electron chi connectivity index (χ1n) is 20.2. The molecule has 282 valence electrons. The number of aromatic nitrogens is 4. The molecule has 0 aliphatic heterocycles. The Morgan fingerprint density at radius 1 is 0.345 bits per heavy atom. The number of benzene rings is 7. The van der Waals surface area contributed by atoms with Crippen molar-refractivity contribution >= 4 is 70.1 Å². The molecule has 58 heavy (non-hydrogen) atoms. The maximum atomic E-state index is 5.36. The third-order valence-electron chi connectivity index (χ3n) is 11.7. The van der Waals surface area contributed by atoms with Crippen molar-refractivity contribution < 1.29 is 0 Å². The summed E-state index contributed by atoms with van der Waals surface area (Å²) in [6.07, 6.45) is 0. The molecular formula is C52H46N4Si2. The van der Waals surface area contributed by atoms with Gasteiger partial charge in [-0.2, -0.15) is 0 Å². The summed E-state index contributed by atoms with van der Waals surface area (Å²) in [4.78, 5) is 10.7. The number of nitrogens with zero attached hydrogens (tertiary/aromatic N) is 4. The molecule has 0 aliphatic carbocycles. The summed E-state index contributed by atoms with van der Waals surface area (Å²) < 4.78 is 4.64. The number of rotatable bonds is 7. The first-order valence-corrected chi connectivity index (χ1v) is 27.2. The summed E-state index contributed by atoms with van der Waals surface area (Å²) in [5.41, 5.74) is 12.1. The van der Waals surface area contributed by atoms with Crippen LogP contribution in [-0.2, 0) is 0 Å². The molecule has 6 heteroatoms. The standard InChI is InChI=1S/C52H46N4Si2/c1-57(2,3)40-26-20-35(21-27-40)46-34-47(36-22-28-41(29-23-36)58(4,5)6)54-52(53-46)56-49-19-13-11-17-43(49)45-32-37(25-31-50(45)56)38-24-30-44-42-16-10-12-18-48(42)55(51(44)33-38)39-14-8-7-9-15-39/h7-34H,1-6H3. The Hall–Kier alpha value is -6.35. The van der Waals surface area contributed by atoms with E-state index in [1.54, 1.807) is 0 Å². The van der Waals surface area contributed by atoms with Crippen LogP contribution in [0, 0.1) is 0 Å². The zero-order valence-corrected chi connectivity index (χ0v) is 36.0. The normalized spacial score (nSPS) is 12.3. The van der Waals surface area contributed by atoms with E-state index in [2.05, 4.69) is 218 Å². The van der Waals surface area contributed by atoms with Gasteiger partial charge in [0.15, 0.2) is 0 Å². The third kappa shape index (κ3) is 6.20. The number of para-hydroxylation sites is 3. The smallest absolute Gasteiger partial charge is 0.235 e. The molecule has 0 saturated carbocycles. The summed E-state index contributed by atoms with van der Waals surface area (Å²) >= 11 is 0. The van der Waals surface area contributed by atoms with E-state index in [9.17, 15) is 0 Å². The maximum absolute atomic E-state index is 5.36. The molecular weight excluding hydrogens is 737 g/mol. The molecule has 10 aromatic rings. The van der Waals surface area contributed by atoms with Crippen LogP contribution in [0.1, 0.15) is 0 Å². The zero-order chi connectivity index (χ0) is 39.8. The average molecular weight is 783 g/mol. The first-order chi connectivity index (χ1) is 28.0. The van der Waals surface area contributed by atoms with E-state index < -0.39 is 16.1 Å². The van der Waals surface area contributed by atoms with Gasteiger partial charge in [0.2, 0.25) is 5.95 Å². The highest BCUT2D eigenvalue weighted by Crippen LogP contribution is 2.38. The fourth-order valence-electron chi connectivity index (χ4n) is 8.49. The fourth-order valence-corrected chi connectivity index (χ4v) is 10.8. The van der Waals surface area contributed by atoms with Gasteiger partial charge in [-0.1, -0.05) is 171 Å². The maximum Gasteiger partial charge on any atom is 0.235 e. The summed E-state index contributed by atoms with van der Waals surface area (Å²) in [5.74, 6) is 0.670. The first kappa shape index (κ1) is 36.0.